The Balaban J connectivity index is 1.79. The van der Waals surface area contributed by atoms with E-state index in [9.17, 15) is 0 Å². The molecule has 1 aromatic carbocycles. The van der Waals surface area contributed by atoms with E-state index in [1.165, 1.54) is 25.7 Å². The third-order valence-electron chi connectivity index (χ3n) is 3.73. The second-order valence-electron chi connectivity index (χ2n) is 5.04. The van der Waals surface area contributed by atoms with E-state index in [-0.39, 0.29) is 0 Å². The van der Waals surface area contributed by atoms with Crippen LogP contribution in [0.5, 0.6) is 5.75 Å². The van der Waals surface area contributed by atoms with Gasteiger partial charge in [0, 0.05) is 5.39 Å². The first-order valence-corrected chi connectivity index (χ1v) is 6.43. The minimum atomic E-state index is 0.383. The zero-order valence-electron chi connectivity index (χ0n) is 10.1. The van der Waals surface area contributed by atoms with Gasteiger partial charge in [-0.2, -0.15) is 5.10 Å². The van der Waals surface area contributed by atoms with E-state index in [1.54, 1.807) is 0 Å². The molecule has 3 nitrogen and oxygen atoms in total. The fraction of sp³-hybridized carbons (Fsp3) is 0.500. The van der Waals surface area contributed by atoms with Crippen molar-refractivity contribution in [3.05, 3.63) is 24.4 Å². The predicted molar refractivity (Wildman–Crippen MR) is 68.1 cm³/mol. The molecule has 1 saturated carbocycles. The van der Waals surface area contributed by atoms with E-state index in [0.717, 1.165) is 16.7 Å². The first-order valence-electron chi connectivity index (χ1n) is 6.43. The summed E-state index contributed by atoms with van der Waals surface area (Å²) in [5, 5.41) is 8.09. The highest BCUT2D eigenvalue weighted by Gasteiger charge is 2.22. The summed E-state index contributed by atoms with van der Waals surface area (Å²) in [6.45, 7) is 2.29. The number of nitrogens with zero attached hydrogens (tertiary/aromatic N) is 1. The molecular formula is C14H18N2O. The zero-order valence-corrected chi connectivity index (χ0v) is 10.1. The molecule has 2 atom stereocenters. The quantitative estimate of drug-likeness (QED) is 0.857. The van der Waals surface area contributed by atoms with E-state index in [0.29, 0.717) is 12.0 Å². The van der Waals surface area contributed by atoms with E-state index >= 15 is 0 Å². The molecule has 0 bridgehead atoms. The van der Waals surface area contributed by atoms with Gasteiger partial charge < -0.3 is 4.74 Å². The highest BCUT2D eigenvalue weighted by Crippen LogP contribution is 2.29. The van der Waals surface area contributed by atoms with E-state index < -0.39 is 0 Å². The molecule has 1 heterocycles. The Kier molecular flexibility index (Phi) is 2.75. The Morgan fingerprint density at radius 1 is 1.29 bits per heavy atom. The van der Waals surface area contributed by atoms with Gasteiger partial charge in [0.05, 0.1) is 11.7 Å². The van der Waals surface area contributed by atoms with Crippen LogP contribution >= 0.6 is 0 Å². The number of fused-ring (bicyclic) bond motifs is 1. The Hall–Kier alpha value is -1.51. The Morgan fingerprint density at radius 3 is 3.06 bits per heavy atom. The van der Waals surface area contributed by atoms with Crippen LogP contribution in [0.3, 0.4) is 0 Å². The number of H-pyrrole nitrogens is 1. The molecule has 1 aliphatic carbocycles. The highest BCUT2D eigenvalue weighted by atomic mass is 16.5. The summed E-state index contributed by atoms with van der Waals surface area (Å²) in [6.07, 6.45) is 7.34. The highest BCUT2D eigenvalue weighted by molar-refractivity contribution is 5.79. The Labute approximate surface area is 101 Å². The second kappa shape index (κ2) is 4.40. The molecule has 1 aliphatic rings. The van der Waals surface area contributed by atoms with Gasteiger partial charge in [-0.3, -0.25) is 5.10 Å². The number of benzene rings is 1. The number of hydrogen-bond acceptors (Lipinski definition) is 2. The summed E-state index contributed by atoms with van der Waals surface area (Å²) in [7, 11) is 0. The average Bonchev–Trinajstić information content (AvgIpc) is 2.79. The van der Waals surface area contributed by atoms with Crippen molar-refractivity contribution in [2.24, 2.45) is 5.92 Å². The fourth-order valence-corrected chi connectivity index (χ4v) is 2.63. The molecule has 3 rings (SSSR count). The number of aromatic amines is 1. The van der Waals surface area contributed by atoms with Gasteiger partial charge in [-0.1, -0.05) is 13.3 Å². The molecular weight excluding hydrogens is 212 g/mol. The largest absolute Gasteiger partial charge is 0.490 e. The van der Waals surface area contributed by atoms with Crippen molar-refractivity contribution in [2.75, 3.05) is 0 Å². The number of aromatic nitrogens is 2. The van der Waals surface area contributed by atoms with Crippen molar-refractivity contribution < 1.29 is 4.74 Å². The molecule has 2 aromatic rings. The van der Waals surface area contributed by atoms with Gasteiger partial charge in [0.15, 0.2) is 0 Å². The van der Waals surface area contributed by atoms with Gasteiger partial charge in [-0.05, 0) is 43.4 Å². The third kappa shape index (κ3) is 2.14. The summed E-state index contributed by atoms with van der Waals surface area (Å²) < 4.78 is 6.10. The van der Waals surface area contributed by atoms with Crippen molar-refractivity contribution in [1.29, 1.82) is 0 Å². The number of rotatable bonds is 2. The zero-order chi connectivity index (χ0) is 11.7. The van der Waals surface area contributed by atoms with Crippen molar-refractivity contribution in [2.45, 2.75) is 38.7 Å². The fourth-order valence-electron chi connectivity index (χ4n) is 2.63. The maximum Gasteiger partial charge on any atom is 0.120 e. The lowest BCUT2D eigenvalue weighted by atomic mass is 9.88. The second-order valence-corrected chi connectivity index (χ2v) is 5.04. The molecule has 3 heteroatoms. The molecule has 17 heavy (non-hydrogen) atoms. The molecule has 1 aromatic heterocycles. The normalized spacial score (nSPS) is 25.0. The molecule has 0 saturated heterocycles. The molecule has 0 unspecified atom stereocenters. The summed E-state index contributed by atoms with van der Waals surface area (Å²) in [4.78, 5) is 0. The minimum absolute atomic E-state index is 0.383. The van der Waals surface area contributed by atoms with Gasteiger partial charge >= 0.3 is 0 Å². The van der Waals surface area contributed by atoms with Gasteiger partial charge in [0.25, 0.3) is 0 Å². The summed E-state index contributed by atoms with van der Waals surface area (Å²) >= 11 is 0. The topological polar surface area (TPSA) is 37.9 Å². The van der Waals surface area contributed by atoms with Gasteiger partial charge in [-0.25, -0.2) is 0 Å². The molecule has 1 fully saturated rings. The van der Waals surface area contributed by atoms with Crippen molar-refractivity contribution in [3.8, 4) is 5.75 Å². The first kappa shape index (κ1) is 10.6. The smallest absolute Gasteiger partial charge is 0.120 e. The number of ether oxygens (including phenoxy) is 1. The number of nitrogens with one attached hydrogen (secondary N) is 1. The summed E-state index contributed by atoms with van der Waals surface area (Å²) in [5.41, 5.74) is 1.06. The molecule has 0 spiro atoms. The van der Waals surface area contributed by atoms with E-state index in [2.05, 4.69) is 23.2 Å². The molecule has 0 aliphatic heterocycles. The Bertz CT molecular complexity index is 506. The maximum atomic E-state index is 6.10. The van der Waals surface area contributed by atoms with Gasteiger partial charge in [-0.15, -0.1) is 0 Å². The van der Waals surface area contributed by atoms with Crippen LogP contribution in [0.25, 0.3) is 10.9 Å². The summed E-state index contributed by atoms with van der Waals surface area (Å²) in [6, 6.07) is 6.13. The lowest BCUT2D eigenvalue weighted by molar-refractivity contribution is 0.103. The molecule has 0 radical (unpaired) electrons. The molecule has 0 amide bonds. The predicted octanol–water partition coefficient (Wildman–Crippen LogP) is 3.52. The average molecular weight is 230 g/mol. The van der Waals surface area contributed by atoms with Gasteiger partial charge in [0.2, 0.25) is 0 Å². The Morgan fingerprint density at radius 2 is 2.18 bits per heavy atom. The van der Waals surface area contributed by atoms with E-state index in [1.807, 2.05) is 18.3 Å². The molecule has 1 N–H and O–H groups in total. The van der Waals surface area contributed by atoms with Crippen LogP contribution in [0.4, 0.5) is 0 Å². The van der Waals surface area contributed by atoms with Crippen LogP contribution < -0.4 is 4.74 Å². The van der Waals surface area contributed by atoms with Crippen molar-refractivity contribution in [3.63, 3.8) is 0 Å². The van der Waals surface area contributed by atoms with Crippen LogP contribution in [0, 0.1) is 5.92 Å². The standard InChI is InChI=1S/C14H18N2O/c1-10-4-2-3-5-14(10)17-12-6-7-13-11(8-12)9-15-16-13/h6-10,14H,2-5H2,1H3,(H,15,16)/t10-,14-/m0/s1. The first-order chi connectivity index (χ1) is 8.33. The lowest BCUT2D eigenvalue weighted by Gasteiger charge is -2.29. The van der Waals surface area contributed by atoms with Crippen LogP contribution in [0.2, 0.25) is 0 Å². The SMILES string of the molecule is C[C@H]1CCCC[C@@H]1Oc1ccc2[nH]ncc2c1. The maximum absolute atomic E-state index is 6.10. The van der Waals surface area contributed by atoms with Gasteiger partial charge in [0.1, 0.15) is 11.9 Å². The van der Waals surface area contributed by atoms with Crippen LogP contribution in [0.15, 0.2) is 24.4 Å². The minimum Gasteiger partial charge on any atom is -0.490 e. The number of hydrogen-bond donors (Lipinski definition) is 1. The molecule has 90 valence electrons. The van der Waals surface area contributed by atoms with Crippen LogP contribution in [-0.4, -0.2) is 16.3 Å². The van der Waals surface area contributed by atoms with Crippen molar-refractivity contribution >= 4 is 10.9 Å². The monoisotopic (exact) mass is 230 g/mol. The summed E-state index contributed by atoms with van der Waals surface area (Å²) in [5.74, 6) is 1.64. The van der Waals surface area contributed by atoms with Crippen molar-refractivity contribution in [1.82, 2.24) is 10.2 Å². The van der Waals surface area contributed by atoms with Crippen LogP contribution in [-0.2, 0) is 0 Å². The lowest BCUT2D eigenvalue weighted by Crippen LogP contribution is -2.28. The van der Waals surface area contributed by atoms with E-state index in [4.69, 9.17) is 4.74 Å². The van der Waals surface area contributed by atoms with Crippen LogP contribution in [0.1, 0.15) is 32.6 Å². The third-order valence-corrected chi connectivity index (χ3v) is 3.73.